The molecule has 0 saturated carbocycles. The summed E-state index contributed by atoms with van der Waals surface area (Å²) in [5, 5.41) is 0.381. The van der Waals surface area contributed by atoms with Gasteiger partial charge in [-0.25, -0.2) is 9.78 Å². The molecule has 3 rings (SSSR count). The molecular formula is C19H21N3O4S. The van der Waals surface area contributed by atoms with Crippen LogP contribution in [0, 0.1) is 0 Å². The molecule has 0 atom stereocenters. The number of hydrogen-bond donors (Lipinski definition) is 0. The van der Waals surface area contributed by atoms with E-state index in [4.69, 9.17) is 4.74 Å². The lowest BCUT2D eigenvalue weighted by Gasteiger charge is -2.29. The summed E-state index contributed by atoms with van der Waals surface area (Å²) in [6, 6.07) is 7.78. The zero-order chi connectivity index (χ0) is 19.4. The van der Waals surface area contributed by atoms with Crippen LogP contribution in [0.3, 0.4) is 0 Å². The van der Waals surface area contributed by atoms with Crippen LogP contribution < -0.4 is 10.5 Å². The number of benzene rings is 1. The highest BCUT2D eigenvalue weighted by Gasteiger charge is 2.25. The number of carbonyl (C=O) groups excluding carboxylic acids is 2. The van der Waals surface area contributed by atoms with Crippen molar-refractivity contribution in [2.45, 2.75) is 31.5 Å². The van der Waals surface area contributed by atoms with Crippen molar-refractivity contribution in [2.75, 3.05) is 24.3 Å². The third-order valence-corrected chi connectivity index (χ3v) is 5.08. The lowest BCUT2D eigenvalue weighted by Crippen LogP contribution is -2.41. The van der Waals surface area contributed by atoms with Crippen molar-refractivity contribution in [3.05, 3.63) is 51.9 Å². The molecule has 0 N–H and O–H groups in total. The molecule has 0 fully saturated rings. The van der Waals surface area contributed by atoms with Crippen molar-refractivity contribution in [1.82, 2.24) is 9.55 Å². The van der Waals surface area contributed by atoms with Gasteiger partial charge in [-0.15, -0.1) is 0 Å². The first-order chi connectivity index (χ1) is 13.1. The molecular weight excluding hydrogens is 366 g/mol. The Bertz CT molecular complexity index is 925. The third kappa shape index (κ3) is 3.90. The van der Waals surface area contributed by atoms with E-state index in [9.17, 15) is 14.4 Å². The number of rotatable bonds is 5. The van der Waals surface area contributed by atoms with Gasteiger partial charge in [0.15, 0.2) is 5.16 Å². The van der Waals surface area contributed by atoms with Crippen molar-refractivity contribution in [2.24, 2.45) is 0 Å². The van der Waals surface area contributed by atoms with E-state index in [1.54, 1.807) is 18.1 Å². The van der Waals surface area contributed by atoms with Crippen LogP contribution in [0.1, 0.15) is 29.3 Å². The van der Waals surface area contributed by atoms with Crippen LogP contribution in [0.25, 0.3) is 0 Å². The number of anilines is 1. The summed E-state index contributed by atoms with van der Waals surface area (Å²) in [5.41, 5.74) is 1.27. The van der Waals surface area contributed by atoms with Gasteiger partial charge < -0.3 is 9.64 Å². The molecule has 0 bridgehead atoms. The van der Waals surface area contributed by atoms with Crippen molar-refractivity contribution in [3.63, 3.8) is 0 Å². The van der Waals surface area contributed by atoms with Crippen LogP contribution in [0.15, 0.2) is 40.4 Å². The Balaban J connectivity index is 1.93. The Kier molecular flexibility index (Phi) is 5.95. The first kappa shape index (κ1) is 19.2. The molecule has 1 aromatic carbocycles. The van der Waals surface area contributed by atoms with Crippen LogP contribution in [-0.4, -0.2) is 40.8 Å². The summed E-state index contributed by atoms with van der Waals surface area (Å²) < 4.78 is 6.16. The van der Waals surface area contributed by atoms with Gasteiger partial charge in [0.2, 0.25) is 5.91 Å². The topological polar surface area (TPSA) is 81.5 Å². The van der Waals surface area contributed by atoms with Crippen LogP contribution in [-0.2, 0) is 22.5 Å². The molecule has 7 nitrogen and oxygen atoms in total. The van der Waals surface area contributed by atoms with Crippen LogP contribution in [0.2, 0.25) is 0 Å². The van der Waals surface area contributed by atoms with Crippen molar-refractivity contribution < 1.29 is 14.3 Å². The first-order valence-electron chi connectivity index (χ1n) is 8.76. The van der Waals surface area contributed by atoms with E-state index in [1.807, 2.05) is 24.3 Å². The van der Waals surface area contributed by atoms with Gasteiger partial charge in [0.05, 0.1) is 12.8 Å². The maximum atomic E-state index is 13.0. The van der Waals surface area contributed by atoms with Gasteiger partial charge in [0, 0.05) is 12.2 Å². The van der Waals surface area contributed by atoms with Crippen LogP contribution in [0.4, 0.5) is 5.69 Å². The number of para-hydroxylation sites is 1. The number of aromatic nitrogens is 2. The van der Waals surface area contributed by atoms with Gasteiger partial charge >= 0.3 is 5.97 Å². The fourth-order valence-electron chi connectivity index (χ4n) is 3.14. The number of amides is 1. The minimum absolute atomic E-state index is 0.159. The quantitative estimate of drug-likeness (QED) is 0.444. The molecule has 2 heterocycles. The second-order valence-electron chi connectivity index (χ2n) is 6.05. The zero-order valence-corrected chi connectivity index (χ0v) is 16.1. The molecule has 1 aliphatic rings. The summed E-state index contributed by atoms with van der Waals surface area (Å²) in [5.74, 6) is -0.936. The molecule has 2 aromatic rings. The molecule has 8 heteroatoms. The molecule has 1 aromatic heterocycles. The number of carbonyl (C=O) groups is 2. The summed E-state index contributed by atoms with van der Waals surface area (Å²) in [4.78, 5) is 43.6. The second kappa shape index (κ2) is 8.39. The number of hydrogen-bond acceptors (Lipinski definition) is 6. The van der Waals surface area contributed by atoms with Gasteiger partial charge in [-0.1, -0.05) is 30.0 Å². The fourth-order valence-corrected chi connectivity index (χ4v) is 3.67. The summed E-state index contributed by atoms with van der Waals surface area (Å²) in [6.07, 6.45) is 4.77. The molecule has 0 radical (unpaired) electrons. The van der Waals surface area contributed by atoms with E-state index in [2.05, 4.69) is 4.98 Å². The highest BCUT2D eigenvalue weighted by atomic mass is 32.2. The van der Waals surface area contributed by atoms with Crippen molar-refractivity contribution in [3.8, 4) is 0 Å². The number of nitrogens with zero attached hydrogens (tertiary/aromatic N) is 3. The summed E-state index contributed by atoms with van der Waals surface area (Å²) in [7, 11) is 0. The zero-order valence-electron chi connectivity index (χ0n) is 15.3. The maximum absolute atomic E-state index is 13.0. The number of aryl methyl sites for hydroxylation is 1. The standard InChI is InChI=1S/C19H21N3O4S/c1-3-26-18(25)14-11-20-19(27-2)22(17(14)24)12-16(23)21-10-6-8-13-7-4-5-9-15(13)21/h4-5,7,9,11H,3,6,8,10,12H2,1-2H3. The van der Waals surface area contributed by atoms with E-state index < -0.39 is 11.5 Å². The SMILES string of the molecule is CCOC(=O)c1cnc(SC)n(CC(=O)N2CCCc3ccccc32)c1=O. The Morgan fingerprint density at radius 1 is 1.30 bits per heavy atom. The van der Waals surface area contributed by atoms with E-state index in [0.29, 0.717) is 11.7 Å². The van der Waals surface area contributed by atoms with Gasteiger partial charge in [0.25, 0.3) is 5.56 Å². The van der Waals surface area contributed by atoms with E-state index in [-0.39, 0.29) is 24.6 Å². The average Bonchev–Trinajstić information content (AvgIpc) is 2.69. The fraction of sp³-hybridized carbons (Fsp3) is 0.368. The van der Waals surface area contributed by atoms with Gasteiger partial charge in [-0.05, 0) is 37.7 Å². The summed E-state index contributed by atoms with van der Waals surface area (Å²) in [6.45, 7) is 2.25. The van der Waals surface area contributed by atoms with Gasteiger partial charge in [0.1, 0.15) is 12.1 Å². The first-order valence-corrected chi connectivity index (χ1v) is 9.98. The maximum Gasteiger partial charge on any atom is 0.345 e. The van der Waals surface area contributed by atoms with E-state index in [0.717, 1.165) is 24.1 Å². The monoisotopic (exact) mass is 387 g/mol. The van der Waals surface area contributed by atoms with Crippen LogP contribution >= 0.6 is 11.8 Å². The van der Waals surface area contributed by atoms with Crippen LogP contribution in [0.5, 0.6) is 0 Å². The molecule has 27 heavy (non-hydrogen) atoms. The van der Waals surface area contributed by atoms with Crippen molar-refractivity contribution in [1.29, 1.82) is 0 Å². The molecule has 0 unspecified atom stereocenters. The Labute approximate surface area is 161 Å². The Morgan fingerprint density at radius 3 is 2.81 bits per heavy atom. The van der Waals surface area contributed by atoms with Gasteiger partial charge in [-0.2, -0.15) is 0 Å². The number of thioether (sulfide) groups is 1. The lowest BCUT2D eigenvalue weighted by atomic mass is 10.0. The third-order valence-electron chi connectivity index (χ3n) is 4.39. The summed E-state index contributed by atoms with van der Waals surface area (Å²) >= 11 is 1.25. The van der Waals surface area contributed by atoms with E-state index in [1.165, 1.54) is 22.5 Å². The number of fused-ring (bicyclic) bond motifs is 1. The highest BCUT2D eigenvalue weighted by molar-refractivity contribution is 7.98. The Morgan fingerprint density at radius 2 is 2.07 bits per heavy atom. The average molecular weight is 387 g/mol. The largest absolute Gasteiger partial charge is 0.462 e. The van der Waals surface area contributed by atoms with Crippen molar-refractivity contribution >= 4 is 29.3 Å². The second-order valence-corrected chi connectivity index (χ2v) is 6.82. The normalized spacial score (nSPS) is 13.2. The lowest BCUT2D eigenvalue weighted by molar-refractivity contribution is -0.119. The molecule has 0 aliphatic carbocycles. The van der Waals surface area contributed by atoms with Gasteiger partial charge in [-0.3, -0.25) is 14.2 Å². The molecule has 1 amide bonds. The molecule has 0 spiro atoms. The number of ether oxygens (including phenoxy) is 1. The van der Waals surface area contributed by atoms with E-state index >= 15 is 0 Å². The Hall–Kier alpha value is -2.61. The molecule has 1 aliphatic heterocycles. The minimum atomic E-state index is -0.729. The molecule has 142 valence electrons. The molecule has 0 saturated heterocycles. The minimum Gasteiger partial charge on any atom is -0.462 e. The smallest absolute Gasteiger partial charge is 0.345 e. The predicted octanol–water partition coefficient (Wildman–Crippen LogP) is 2.12. The number of esters is 1. The highest BCUT2D eigenvalue weighted by Crippen LogP contribution is 2.27. The predicted molar refractivity (Wildman–Crippen MR) is 103 cm³/mol.